The van der Waals surface area contributed by atoms with Crippen LogP contribution in [0.1, 0.15) is 26.7 Å². The van der Waals surface area contributed by atoms with Crippen LogP contribution >= 0.6 is 0 Å². The molecule has 2 amide bonds. The Morgan fingerprint density at radius 3 is 2.58 bits per heavy atom. The fourth-order valence-electron chi connectivity index (χ4n) is 2.12. The van der Waals surface area contributed by atoms with E-state index in [1.54, 1.807) is 13.2 Å². The van der Waals surface area contributed by atoms with Gasteiger partial charge in [-0.2, -0.15) is 0 Å². The van der Waals surface area contributed by atoms with E-state index < -0.39 is 22.2 Å². The van der Waals surface area contributed by atoms with Crippen LogP contribution in [-0.2, 0) is 15.6 Å². The van der Waals surface area contributed by atoms with Crippen molar-refractivity contribution in [3.05, 3.63) is 0 Å². The van der Waals surface area contributed by atoms with Gasteiger partial charge in [-0.15, -0.1) is 0 Å². The van der Waals surface area contributed by atoms with E-state index in [0.717, 1.165) is 0 Å². The lowest BCUT2D eigenvalue weighted by atomic mass is 9.84. The molecule has 0 saturated carbocycles. The molecule has 1 heterocycles. The number of likely N-dealkylation sites (tertiary alicyclic amines) is 1. The Labute approximate surface area is 116 Å². The quantitative estimate of drug-likeness (QED) is 0.778. The third kappa shape index (κ3) is 3.68. The first-order valence-corrected chi connectivity index (χ1v) is 8.03. The molecule has 1 saturated heterocycles. The number of amides is 2. The molecule has 2 N–H and O–H groups in total. The Kier molecular flexibility index (Phi) is 5.34. The molecule has 3 atom stereocenters. The molecule has 1 aliphatic heterocycles. The molecule has 0 aromatic heterocycles. The van der Waals surface area contributed by atoms with Gasteiger partial charge < -0.3 is 15.3 Å². The van der Waals surface area contributed by atoms with Crippen molar-refractivity contribution in [3.63, 3.8) is 0 Å². The average molecular weight is 290 g/mol. The molecule has 6 nitrogen and oxygen atoms in total. The molecule has 7 heteroatoms. The standard InChI is InChI=1S/C12H22N2O4S/c1-4-12(10(15)16)5-6-14(8-12)11(17)13-7-9(2)19(3)18/h9H,4-8H2,1-3H3,(H,13,17)(H,15,16). The van der Waals surface area contributed by atoms with Crippen molar-refractivity contribution in [1.82, 2.24) is 10.2 Å². The van der Waals surface area contributed by atoms with Gasteiger partial charge in [-0.1, -0.05) is 6.92 Å². The van der Waals surface area contributed by atoms with Crippen molar-refractivity contribution in [2.24, 2.45) is 5.41 Å². The van der Waals surface area contributed by atoms with E-state index in [1.165, 1.54) is 4.90 Å². The predicted molar refractivity (Wildman–Crippen MR) is 73.5 cm³/mol. The first kappa shape index (κ1) is 15.9. The van der Waals surface area contributed by atoms with E-state index in [2.05, 4.69) is 5.32 Å². The van der Waals surface area contributed by atoms with Gasteiger partial charge in [0.05, 0.1) is 5.41 Å². The molecule has 1 aliphatic rings. The van der Waals surface area contributed by atoms with Crippen molar-refractivity contribution in [2.45, 2.75) is 31.9 Å². The SMILES string of the molecule is CCC1(C(=O)O)CCN(C(=O)NCC(C)S(C)=O)C1. The van der Waals surface area contributed by atoms with E-state index >= 15 is 0 Å². The van der Waals surface area contributed by atoms with Crippen LogP contribution in [0.5, 0.6) is 0 Å². The number of rotatable bonds is 5. The molecule has 0 spiro atoms. The maximum absolute atomic E-state index is 11.9. The Bertz CT molecular complexity index is 388. The lowest BCUT2D eigenvalue weighted by Crippen LogP contribution is -2.43. The fraction of sp³-hybridized carbons (Fsp3) is 0.833. The fourth-order valence-corrected chi connectivity index (χ4v) is 2.44. The van der Waals surface area contributed by atoms with Gasteiger partial charge in [0.1, 0.15) is 0 Å². The zero-order valence-corrected chi connectivity index (χ0v) is 12.5. The lowest BCUT2D eigenvalue weighted by Gasteiger charge is -2.23. The highest BCUT2D eigenvalue weighted by molar-refractivity contribution is 7.84. The first-order valence-electron chi connectivity index (χ1n) is 6.41. The van der Waals surface area contributed by atoms with Crippen LogP contribution in [0.3, 0.4) is 0 Å². The van der Waals surface area contributed by atoms with Crippen LogP contribution in [0.4, 0.5) is 4.79 Å². The third-order valence-corrected chi connectivity index (χ3v) is 5.18. The molecule has 0 aliphatic carbocycles. The van der Waals surface area contributed by atoms with Crippen molar-refractivity contribution in [3.8, 4) is 0 Å². The topological polar surface area (TPSA) is 86.7 Å². The highest BCUT2D eigenvalue weighted by Gasteiger charge is 2.44. The van der Waals surface area contributed by atoms with Gasteiger partial charge in [0.25, 0.3) is 0 Å². The van der Waals surface area contributed by atoms with Crippen LogP contribution in [0, 0.1) is 5.41 Å². The summed E-state index contributed by atoms with van der Waals surface area (Å²) in [5.41, 5.74) is -0.809. The second kappa shape index (κ2) is 6.36. The van der Waals surface area contributed by atoms with E-state index in [4.69, 9.17) is 0 Å². The zero-order chi connectivity index (χ0) is 14.6. The minimum atomic E-state index is -0.980. The van der Waals surface area contributed by atoms with Crippen LogP contribution in [0.25, 0.3) is 0 Å². The van der Waals surface area contributed by atoms with Crippen molar-refractivity contribution >= 4 is 22.8 Å². The number of nitrogens with zero attached hydrogens (tertiary/aromatic N) is 1. The lowest BCUT2D eigenvalue weighted by molar-refractivity contribution is -0.148. The molecular weight excluding hydrogens is 268 g/mol. The molecule has 19 heavy (non-hydrogen) atoms. The van der Waals surface area contributed by atoms with Gasteiger partial charge >= 0.3 is 12.0 Å². The molecular formula is C12H22N2O4S. The second-order valence-electron chi connectivity index (χ2n) is 5.11. The molecule has 0 radical (unpaired) electrons. The van der Waals surface area contributed by atoms with Crippen LogP contribution < -0.4 is 5.32 Å². The Balaban J connectivity index is 2.52. The highest BCUT2D eigenvalue weighted by atomic mass is 32.2. The summed E-state index contributed by atoms with van der Waals surface area (Å²) < 4.78 is 11.2. The summed E-state index contributed by atoms with van der Waals surface area (Å²) >= 11 is 0. The van der Waals surface area contributed by atoms with E-state index in [1.807, 2.05) is 6.92 Å². The molecule has 0 aromatic rings. The van der Waals surface area contributed by atoms with Crippen LogP contribution in [0.15, 0.2) is 0 Å². The molecule has 0 aromatic carbocycles. The number of hydrogen-bond donors (Lipinski definition) is 2. The highest BCUT2D eigenvalue weighted by Crippen LogP contribution is 2.34. The smallest absolute Gasteiger partial charge is 0.317 e. The molecule has 1 fully saturated rings. The largest absolute Gasteiger partial charge is 0.481 e. The van der Waals surface area contributed by atoms with Gasteiger partial charge in [-0.25, -0.2) is 4.79 Å². The van der Waals surface area contributed by atoms with Crippen LogP contribution in [0.2, 0.25) is 0 Å². The van der Waals surface area contributed by atoms with Crippen molar-refractivity contribution < 1.29 is 18.9 Å². The summed E-state index contributed by atoms with van der Waals surface area (Å²) in [6.07, 6.45) is 2.60. The maximum Gasteiger partial charge on any atom is 0.317 e. The van der Waals surface area contributed by atoms with Gasteiger partial charge in [0, 0.05) is 41.9 Å². The van der Waals surface area contributed by atoms with Crippen molar-refractivity contribution in [2.75, 3.05) is 25.9 Å². The average Bonchev–Trinajstić information content (AvgIpc) is 2.81. The van der Waals surface area contributed by atoms with Gasteiger partial charge in [0.2, 0.25) is 0 Å². The normalized spacial score (nSPS) is 25.9. The molecule has 0 bridgehead atoms. The maximum atomic E-state index is 11.9. The summed E-state index contributed by atoms with van der Waals surface area (Å²) in [4.78, 5) is 24.7. The number of carbonyl (C=O) groups is 2. The van der Waals surface area contributed by atoms with Crippen LogP contribution in [-0.4, -0.2) is 57.4 Å². The van der Waals surface area contributed by atoms with Gasteiger partial charge in [-0.3, -0.25) is 9.00 Å². The number of aliphatic carboxylic acids is 1. The number of carbonyl (C=O) groups excluding carboxylic acids is 1. The minimum absolute atomic E-state index is 0.109. The number of carboxylic acid groups (broad SMARTS) is 1. The number of urea groups is 1. The summed E-state index contributed by atoms with van der Waals surface area (Å²) in [6, 6.07) is -0.270. The summed E-state index contributed by atoms with van der Waals surface area (Å²) in [5.74, 6) is -0.840. The van der Waals surface area contributed by atoms with Crippen molar-refractivity contribution in [1.29, 1.82) is 0 Å². The molecule has 110 valence electrons. The molecule has 3 unspecified atom stereocenters. The number of hydrogen-bond acceptors (Lipinski definition) is 3. The minimum Gasteiger partial charge on any atom is -0.481 e. The number of carboxylic acids is 1. The monoisotopic (exact) mass is 290 g/mol. The molecule has 1 rings (SSSR count). The third-order valence-electron chi connectivity index (χ3n) is 3.88. The second-order valence-corrected chi connectivity index (χ2v) is 6.91. The van der Waals surface area contributed by atoms with E-state index in [-0.39, 0.29) is 17.8 Å². The van der Waals surface area contributed by atoms with Gasteiger partial charge in [-0.05, 0) is 19.8 Å². The Morgan fingerprint density at radius 1 is 1.53 bits per heavy atom. The zero-order valence-electron chi connectivity index (χ0n) is 11.6. The predicted octanol–water partition coefficient (Wildman–Crippen LogP) is 0.650. The summed E-state index contributed by atoms with van der Waals surface area (Å²) in [5, 5.41) is 11.9. The Hall–Kier alpha value is -1.11. The first-order chi connectivity index (χ1) is 8.82. The van der Waals surface area contributed by atoms with E-state index in [0.29, 0.717) is 25.9 Å². The van der Waals surface area contributed by atoms with E-state index in [9.17, 15) is 18.9 Å². The van der Waals surface area contributed by atoms with Gasteiger partial charge in [0.15, 0.2) is 0 Å². The Morgan fingerprint density at radius 2 is 2.16 bits per heavy atom. The summed E-state index contributed by atoms with van der Waals surface area (Å²) in [7, 11) is -0.980. The summed E-state index contributed by atoms with van der Waals surface area (Å²) in [6.45, 7) is 4.67. The number of nitrogens with one attached hydrogen (secondary N) is 1.